The Kier molecular flexibility index (Phi) is 6.30. The highest BCUT2D eigenvalue weighted by Gasteiger charge is 2.34. The van der Waals surface area contributed by atoms with Crippen LogP contribution >= 0.6 is 22.9 Å². The van der Waals surface area contributed by atoms with E-state index in [0.29, 0.717) is 36.9 Å². The molecule has 6 nitrogen and oxygen atoms in total. The van der Waals surface area contributed by atoms with Crippen LogP contribution in [0.2, 0.25) is 5.02 Å². The molecule has 2 heterocycles. The Balaban J connectivity index is 1.99. The molecule has 0 unspecified atom stereocenters. The lowest BCUT2D eigenvalue weighted by Crippen LogP contribution is -2.40. The van der Waals surface area contributed by atoms with Gasteiger partial charge in [-0.25, -0.2) is 9.79 Å². The standard InChI is InChI=1S/C24H21ClN2O4S/c1-4-31-23(29)20-14(2)26-24-27(21(20)16-10-6-7-11-17(16)25)22(28)19(32-24)13-15-9-5-8-12-18(15)30-3/h5-13,21H,4H2,1-3H3/b19-13+/t21-/m0/s1. The first-order valence-corrected chi connectivity index (χ1v) is 11.2. The molecule has 1 aliphatic heterocycles. The third-order valence-electron chi connectivity index (χ3n) is 5.14. The van der Waals surface area contributed by atoms with Crippen molar-refractivity contribution in [2.75, 3.05) is 13.7 Å². The van der Waals surface area contributed by atoms with E-state index in [1.54, 1.807) is 39.2 Å². The number of carbonyl (C=O) groups excluding carboxylic acids is 1. The average Bonchev–Trinajstić information content (AvgIpc) is 3.08. The molecule has 0 amide bonds. The van der Waals surface area contributed by atoms with Gasteiger partial charge in [0.15, 0.2) is 4.80 Å². The van der Waals surface area contributed by atoms with Crippen LogP contribution in [0.1, 0.15) is 31.0 Å². The second-order valence-corrected chi connectivity index (χ2v) is 8.48. The molecule has 0 saturated heterocycles. The number of nitrogens with zero attached hydrogens (tertiary/aromatic N) is 2. The number of aromatic nitrogens is 1. The van der Waals surface area contributed by atoms with Crippen LogP contribution in [-0.4, -0.2) is 24.3 Å². The highest BCUT2D eigenvalue weighted by molar-refractivity contribution is 7.07. The number of methoxy groups -OCH3 is 1. The van der Waals surface area contributed by atoms with Gasteiger partial charge in [-0.3, -0.25) is 9.36 Å². The molecule has 1 aromatic heterocycles. The average molecular weight is 469 g/mol. The van der Waals surface area contributed by atoms with Gasteiger partial charge in [0.05, 0.1) is 29.5 Å². The van der Waals surface area contributed by atoms with E-state index in [9.17, 15) is 9.59 Å². The fourth-order valence-corrected chi connectivity index (χ4v) is 4.99. The van der Waals surface area contributed by atoms with Crippen LogP contribution < -0.4 is 19.6 Å². The lowest BCUT2D eigenvalue weighted by atomic mass is 9.96. The number of hydrogen-bond donors (Lipinski definition) is 0. The molecule has 3 aromatic rings. The van der Waals surface area contributed by atoms with Crippen LogP contribution in [-0.2, 0) is 9.53 Å². The van der Waals surface area contributed by atoms with Crippen molar-refractivity contribution in [3.8, 4) is 5.75 Å². The van der Waals surface area contributed by atoms with E-state index in [-0.39, 0.29) is 12.2 Å². The molecule has 0 aliphatic carbocycles. The monoisotopic (exact) mass is 468 g/mol. The van der Waals surface area contributed by atoms with E-state index in [2.05, 4.69) is 4.99 Å². The molecule has 4 rings (SSSR count). The van der Waals surface area contributed by atoms with E-state index in [1.165, 1.54) is 15.9 Å². The highest BCUT2D eigenvalue weighted by atomic mass is 35.5. The summed E-state index contributed by atoms with van der Waals surface area (Å²) in [5, 5.41) is 0.452. The van der Waals surface area contributed by atoms with Crippen LogP contribution in [0.3, 0.4) is 0 Å². The number of rotatable bonds is 5. The summed E-state index contributed by atoms with van der Waals surface area (Å²) < 4.78 is 12.7. The molecule has 0 radical (unpaired) electrons. The maximum Gasteiger partial charge on any atom is 0.338 e. The van der Waals surface area contributed by atoms with Gasteiger partial charge in [0.2, 0.25) is 0 Å². The Labute approximate surface area is 193 Å². The molecule has 1 atom stereocenters. The quantitative estimate of drug-likeness (QED) is 0.538. The Morgan fingerprint density at radius 3 is 2.66 bits per heavy atom. The van der Waals surface area contributed by atoms with Crippen molar-refractivity contribution in [1.82, 2.24) is 4.57 Å². The van der Waals surface area contributed by atoms with Crippen LogP contribution in [0.4, 0.5) is 0 Å². The van der Waals surface area contributed by atoms with Crippen LogP contribution in [0.5, 0.6) is 5.75 Å². The number of hydrogen-bond acceptors (Lipinski definition) is 6. The van der Waals surface area contributed by atoms with Crippen molar-refractivity contribution in [2.45, 2.75) is 19.9 Å². The number of ether oxygens (including phenoxy) is 2. The third-order valence-corrected chi connectivity index (χ3v) is 6.47. The van der Waals surface area contributed by atoms with E-state index in [4.69, 9.17) is 21.1 Å². The number of allylic oxidation sites excluding steroid dienone is 1. The lowest BCUT2D eigenvalue weighted by Gasteiger charge is -2.25. The van der Waals surface area contributed by atoms with Gasteiger partial charge in [0.25, 0.3) is 5.56 Å². The smallest absolute Gasteiger partial charge is 0.338 e. The largest absolute Gasteiger partial charge is 0.496 e. The number of esters is 1. The van der Waals surface area contributed by atoms with Crippen LogP contribution in [0.25, 0.3) is 6.08 Å². The van der Waals surface area contributed by atoms with Crippen LogP contribution in [0, 0.1) is 0 Å². The normalized spacial score (nSPS) is 15.9. The fraction of sp³-hybridized carbons (Fsp3) is 0.208. The van der Waals surface area contributed by atoms with E-state index in [1.807, 2.05) is 36.4 Å². The Morgan fingerprint density at radius 1 is 1.22 bits per heavy atom. The maximum absolute atomic E-state index is 13.6. The second kappa shape index (κ2) is 9.14. The summed E-state index contributed by atoms with van der Waals surface area (Å²) in [5.41, 5.74) is 1.95. The number of fused-ring (bicyclic) bond motifs is 1. The number of benzene rings is 2. The molecule has 32 heavy (non-hydrogen) atoms. The molecule has 1 aliphatic rings. The SMILES string of the molecule is CCOC(=O)C1=C(C)N=c2s/c(=C/c3ccccc3OC)c(=O)n2[C@H]1c1ccccc1Cl. The first-order chi connectivity index (χ1) is 15.5. The molecule has 0 saturated carbocycles. The highest BCUT2D eigenvalue weighted by Crippen LogP contribution is 2.34. The van der Waals surface area contributed by atoms with Gasteiger partial charge in [0.1, 0.15) is 11.8 Å². The third kappa shape index (κ3) is 3.89. The summed E-state index contributed by atoms with van der Waals surface area (Å²) >= 11 is 7.76. The lowest BCUT2D eigenvalue weighted by molar-refractivity contribution is -0.139. The van der Waals surface area contributed by atoms with Gasteiger partial charge < -0.3 is 9.47 Å². The topological polar surface area (TPSA) is 69.9 Å². The molecule has 8 heteroatoms. The molecular weight excluding hydrogens is 448 g/mol. The van der Waals surface area contributed by atoms with E-state index < -0.39 is 12.0 Å². The van der Waals surface area contributed by atoms with Crippen molar-refractivity contribution in [3.63, 3.8) is 0 Å². The Hall–Kier alpha value is -3.16. The summed E-state index contributed by atoms with van der Waals surface area (Å²) in [6, 6.07) is 13.9. The summed E-state index contributed by atoms with van der Waals surface area (Å²) in [4.78, 5) is 31.5. The summed E-state index contributed by atoms with van der Waals surface area (Å²) in [5.74, 6) is 0.141. The number of carbonyl (C=O) groups is 1. The molecule has 0 spiro atoms. The number of para-hydroxylation sites is 1. The minimum atomic E-state index is -0.737. The zero-order chi connectivity index (χ0) is 22.8. The first-order valence-electron chi connectivity index (χ1n) is 10.0. The summed E-state index contributed by atoms with van der Waals surface area (Å²) in [6.07, 6.45) is 1.77. The molecular formula is C24H21ClN2O4S. The molecule has 0 N–H and O–H groups in total. The maximum atomic E-state index is 13.6. The van der Waals surface area contributed by atoms with E-state index >= 15 is 0 Å². The fourth-order valence-electron chi connectivity index (χ4n) is 3.71. The number of halogens is 1. The summed E-state index contributed by atoms with van der Waals surface area (Å²) in [6.45, 7) is 3.69. The minimum absolute atomic E-state index is 0.211. The van der Waals surface area contributed by atoms with Gasteiger partial charge in [-0.05, 0) is 37.6 Å². The molecule has 0 bridgehead atoms. The first kappa shape index (κ1) is 22.0. The van der Waals surface area contributed by atoms with Crippen molar-refractivity contribution < 1.29 is 14.3 Å². The van der Waals surface area contributed by atoms with Crippen molar-refractivity contribution >= 4 is 35.0 Å². The Bertz CT molecular complexity index is 1400. The van der Waals surface area contributed by atoms with Gasteiger partial charge in [0, 0.05) is 10.6 Å². The van der Waals surface area contributed by atoms with Gasteiger partial charge in [-0.15, -0.1) is 0 Å². The number of thiazole rings is 1. The molecule has 2 aromatic carbocycles. The minimum Gasteiger partial charge on any atom is -0.496 e. The van der Waals surface area contributed by atoms with E-state index in [0.717, 1.165) is 5.56 Å². The summed E-state index contributed by atoms with van der Waals surface area (Å²) in [7, 11) is 1.58. The van der Waals surface area contributed by atoms with Crippen molar-refractivity contribution in [3.05, 3.63) is 95.6 Å². The van der Waals surface area contributed by atoms with Crippen molar-refractivity contribution in [2.24, 2.45) is 4.99 Å². The second-order valence-electron chi connectivity index (χ2n) is 7.07. The van der Waals surface area contributed by atoms with Crippen molar-refractivity contribution in [1.29, 1.82) is 0 Å². The predicted octanol–water partition coefficient (Wildman–Crippen LogP) is 3.46. The predicted molar refractivity (Wildman–Crippen MR) is 125 cm³/mol. The molecule has 0 fully saturated rings. The Morgan fingerprint density at radius 2 is 1.94 bits per heavy atom. The zero-order valence-corrected chi connectivity index (χ0v) is 19.4. The van der Waals surface area contributed by atoms with Gasteiger partial charge in [-0.1, -0.05) is 59.3 Å². The van der Waals surface area contributed by atoms with Gasteiger partial charge >= 0.3 is 5.97 Å². The van der Waals surface area contributed by atoms with Gasteiger partial charge in [-0.2, -0.15) is 0 Å². The van der Waals surface area contributed by atoms with Crippen LogP contribution in [0.15, 0.2) is 69.6 Å². The zero-order valence-electron chi connectivity index (χ0n) is 17.8. The molecule has 164 valence electrons.